The van der Waals surface area contributed by atoms with Gasteiger partial charge in [0.25, 0.3) is 0 Å². The van der Waals surface area contributed by atoms with E-state index in [0.29, 0.717) is 0 Å². The van der Waals surface area contributed by atoms with Gasteiger partial charge in [0.15, 0.2) is 0 Å². The topological polar surface area (TPSA) is 57.6 Å². The van der Waals surface area contributed by atoms with Gasteiger partial charge in [-0.15, -0.1) is 0 Å². The molecule has 3 rings (SSSR count). The summed E-state index contributed by atoms with van der Waals surface area (Å²) in [4.78, 5) is 0.279. The van der Waals surface area contributed by atoms with E-state index in [-0.39, 0.29) is 18.0 Å². The molecule has 5 heteroatoms. The van der Waals surface area contributed by atoms with Gasteiger partial charge in [-0.3, -0.25) is 0 Å². The molecule has 0 saturated carbocycles. The molecule has 2 aromatic rings. The number of benzene rings is 2. The third kappa shape index (κ3) is 2.14. The number of β-amino-alcohol motifs (C(OH)–C–C–N with tert-alkyl or cyclic N) is 1. The van der Waals surface area contributed by atoms with Gasteiger partial charge in [0.05, 0.1) is 10.5 Å². The van der Waals surface area contributed by atoms with Crippen LogP contribution >= 0.6 is 0 Å². The molecule has 4 nitrogen and oxygen atoms in total. The highest BCUT2D eigenvalue weighted by atomic mass is 32.2. The van der Waals surface area contributed by atoms with E-state index in [0.717, 1.165) is 10.8 Å². The average molecular weight is 277 g/mol. The zero-order valence-electron chi connectivity index (χ0n) is 10.6. The molecule has 0 aromatic heterocycles. The standard InChI is InChI=1S/C14H15NO3S/c1-14(16)9-15(10-14)19(17,18)13-7-6-11-4-2-3-5-12(11)8-13/h2-8,16H,9-10H2,1H3. The lowest BCUT2D eigenvalue weighted by atomic mass is 10.0. The quantitative estimate of drug-likeness (QED) is 0.907. The Labute approximate surface area is 112 Å². The van der Waals surface area contributed by atoms with Crippen LogP contribution in [-0.2, 0) is 10.0 Å². The third-order valence-corrected chi connectivity index (χ3v) is 5.18. The number of hydrogen-bond donors (Lipinski definition) is 1. The Kier molecular flexibility index (Phi) is 2.67. The zero-order valence-corrected chi connectivity index (χ0v) is 11.4. The van der Waals surface area contributed by atoms with Crippen molar-refractivity contribution in [1.29, 1.82) is 0 Å². The van der Waals surface area contributed by atoms with E-state index in [2.05, 4.69) is 0 Å². The van der Waals surface area contributed by atoms with Crippen LogP contribution in [0.5, 0.6) is 0 Å². The lowest BCUT2D eigenvalue weighted by molar-refractivity contribution is -0.0426. The van der Waals surface area contributed by atoms with Crippen LogP contribution < -0.4 is 0 Å². The van der Waals surface area contributed by atoms with Crippen molar-refractivity contribution in [3.8, 4) is 0 Å². The van der Waals surface area contributed by atoms with E-state index in [1.807, 2.05) is 24.3 Å². The molecule has 1 N–H and O–H groups in total. The fourth-order valence-corrected chi connectivity index (χ4v) is 4.07. The molecule has 0 amide bonds. The van der Waals surface area contributed by atoms with Gasteiger partial charge < -0.3 is 5.11 Å². The van der Waals surface area contributed by atoms with Crippen molar-refractivity contribution in [2.45, 2.75) is 17.4 Å². The van der Waals surface area contributed by atoms with Gasteiger partial charge in [0, 0.05) is 13.1 Å². The van der Waals surface area contributed by atoms with Crippen LogP contribution in [0.25, 0.3) is 10.8 Å². The molecule has 19 heavy (non-hydrogen) atoms. The van der Waals surface area contributed by atoms with Gasteiger partial charge in [0.2, 0.25) is 10.0 Å². The van der Waals surface area contributed by atoms with Crippen molar-refractivity contribution < 1.29 is 13.5 Å². The number of fused-ring (bicyclic) bond motifs is 1. The lowest BCUT2D eigenvalue weighted by Crippen LogP contribution is -2.61. The minimum absolute atomic E-state index is 0.155. The van der Waals surface area contributed by atoms with Crippen LogP contribution in [0, 0.1) is 0 Å². The first-order valence-corrected chi connectivity index (χ1v) is 7.54. The second kappa shape index (κ2) is 4.03. The van der Waals surface area contributed by atoms with Gasteiger partial charge in [-0.05, 0) is 29.8 Å². The Morgan fingerprint density at radius 1 is 1.11 bits per heavy atom. The summed E-state index contributed by atoms with van der Waals surface area (Å²) in [5.74, 6) is 0. The summed E-state index contributed by atoms with van der Waals surface area (Å²) in [6, 6.07) is 12.7. The van der Waals surface area contributed by atoms with Crippen LogP contribution in [-0.4, -0.2) is 36.5 Å². The second-order valence-electron chi connectivity index (χ2n) is 5.28. The molecular weight excluding hydrogens is 262 g/mol. The Bertz CT molecular complexity index is 729. The maximum absolute atomic E-state index is 12.4. The summed E-state index contributed by atoms with van der Waals surface area (Å²) in [6.45, 7) is 1.95. The second-order valence-corrected chi connectivity index (χ2v) is 7.22. The maximum Gasteiger partial charge on any atom is 0.243 e. The Hall–Kier alpha value is -1.43. The van der Waals surface area contributed by atoms with E-state index >= 15 is 0 Å². The number of hydrogen-bond acceptors (Lipinski definition) is 3. The van der Waals surface area contributed by atoms with Gasteiger partial charge >= 0.3 is 0 Å². The molecule has 1 fully saturated rings. The SMILES string of the molecule is CC1(O)CN(S(=O)(=O)c2ccc3ccccc3c2)C1. The van der Waals surface area contributed by atoms with Crippen molar-refractivity contribution in [2.24, 2.45) is 0 Å². The molecule has 0 bridgehead atoms. The van der Waals surface area contributed by atoms with E-state index in [9.17, 15) is 13.5 Å². The van der Waals surface area contributed by atoms with E-state index < -0.39 is 15.6 Å². The molecule has 0 spiro atoms. The van der Waals surface area contributed by atoms with Gasteiger partial charge in [-0.1, -0.05) is 30.3 Å². The number of sulfonamides is 1. The molecule has 1 heterocycles. The highest BCUT2D eigenvalue weighted by molar-refractivity contribution is 7.89. The summed E-state index contributed by atoms with van der Waals surface area (Å²) in [5, 5.41) is 11.6. The van der Waals surface area contributed by atoms with Crippen LogP contribution in [0.15, 0.2) is 47.4 Å². The summed E-state index contributed by atoms with van der Waals surface area (Å²) in [7, 11) is -3.49. The maximum atomic E-state index is 12.4. The van der Waals surface area contributed by atoms with E-state index in [1.165, 1.54) is 4.31 Å². The Morgan fingerprint density at radius 2 is 1.74 bits per heavy atom. The van der Waals surface area contributed by atoms with Crippen molar-refractivity contribution in [2.75, 3.05) is 13.1 Å². The predicted molar refractivity (Wildman–Crippen MR) is 73.3 cm³/mol. The monoisotopic (exact) mass is 277 g/mol. The van der Waals surface area contributed by atoms with Crippen LogP contribution in [0.4, 0.5) is 0 Å². The van der Waals surface area contributed by atoms with Crippen molar-refractivity contribution in [1.82, 2.24) is 4.31 Å². The van der Waals surface area contributed by atoms with Gasteiger partial charge in [-0.2, -0.15) is 4.31 Å². The van der Waals surface area contributed by atoms with Crippen molar-refractivity contribution in [3.63, 3.8) is 0 Å². The van der Waals surface area contributed by atoms with Crippen LogP contribution in [0.1, 0.15) is 6.92 Å². The molecular formula is C14H15NO3S. The fraction of sp³-hybridized carbons (Fsp3) is 0.286. The van der Waals surface area contributed by atoms with E-state index in [1.54, 1.807) is 25.1 Å². The normalized spacial score (nSPS) is 19.3. The molecule has 0 unspecified atom stereocenters. The summed E-state index contributed by atoms with van der Waals surface area (Å²) < 4.78 is 26.0. The number of rotatable bonds is 2. The molecule has 2 aromatic carbocycles. The van der Waals surface area contributed by atoms with Crippen LogP contribution in [0.3, 0.4) is 0 Å². The van der Waals surface area contributed by atoms with Gasteiger partial charge in [0.1, 0.15) is 0 Å². The first kappa shape index (κ1) is 12.6. The highest BCUT2D eigenvalue weighted by Crippen LogP contribution is 2.29. The summed E-state index contributed by atoms with van der Waals surface area (Å²) >= 11 is 0. The Morgan fingerprint density at radius 3 is 2.37 bits per heavy atom. The largest absolute Gasteiger partial charge is 0.387 e. The predicted octanol–water partition coefficient (Wildman–Crippen LogP) is 1.60. The summed E-state index contributed by atoms with van der Waals surface area (Å²) in [6.07, 6.45) is 0. The number of nitrogens with zero attached hydrogens (tertiary/aromatic N) is 1. The van der Waals surface area contributed by atoms with Gasteiger partial charge in [-0.25, -0.2) is 8.42 Å². The first-order valence-electron chi connectivity index (χ1n) is 6.10. The van der Waals surface area contributed by atoms with Crippen molar-refractivity contribution in [3.05, 3.63) is 42.5 Å². The molecule has 1 aliphatic heterocycles. The highest BCUT2D eigenvalue weighted by Gasteiger charge is 2.43. The van der Waals surface area contributed by atoms with E-state index in [4.69, 9.17) is 0 Å². The first-order chi connectivity index (χ1) is 8.88. The molecule has 0 aliphatic carbocycles. The molecule has 0 atom stereocenters. The molecule has 100 valence electrons. The van der Waals surface area contributed by atoms with Crippen molar-refractivity contribution >= 4 is 20.8 Å². The zero-order chi connectivity index (χ0) is 13.7. The smallest absolute Gasteiger partial charge is 0.243 e. The lowest BCUT2D eigenvalue weighted by Gasteiger charge is -2.42. The molecule has 1 aliphatic rings. The minimum Gasteiger partial charge on any atom is -0.387 e. The molecule has 0 radical (unpaired) electrons. The third-order valence-electron chi connectivity index (χ3n) is 3.39. The minimum atomic E-state index is -3.49. The number of aliphatic hydroxyl groups is 1. The molecule has 1 saturated heterocycles. The van der Waals surface area contributed by atoms with Crippen LogP contribution in [0.2, 0.25) is 0 Å². The fourth-order valence-electron chi connectivity index (χ4n) is 2.36. The summed E-state index contributed by atoms with van der Waals surface area (Å²) in [5.41, 5.74) is -0.899. The average Bonchev–Trinajstić information content (AvgIpc) is 2.35. The Balaban J connectivity index is 2.00.